The summed E-state index contributed by atoms with van der Waals surface area (Å²) in [6.07, 6.45) is 1.47. The number of hydrogen-bond acceptors (Lipinski definition) is 3. The maximum Gasteiger partial charge on any atom is 0.318 e. The van der Waals surface area contributed by atoms with E-state index in [9.17, 15) is 4.57 Å². The molecule has 0 aliphatic rings. The highest BCUT2D eigenvalue weighted by molar-refractivity contribution is 7.33. The van der Waals surface area contributed by atoms with Crippen LogP contribution in [0.4, 0.5) is 0 Å². The molecule has 0 saturated heterocycles. The first-order valence-corrected chi connectivity index (χ1v) is 3.79. The van der Waals surface area contributed by atoms with Crippen molar-refractivity contribution in [2.45, 2.75) is 0 Å². The third kappa shape index (κ3) is 9.67. The molecule has 0 amide bonds. The van der Waals surface area contributed by atoms with Crippen molar-refractivity contribution in [3.8, 4) is 0 Å². The van der Waals surface area contributed by atoms with Gasteiger partial charge in [-0.2, -0.15) is 0 Å². The van der Waals surface area contributed by atoms with E-state index in [2.05, 4.69) is 20.6 Å². The van der Waals surface area contributed by atoms with Crippen LogP contribution >= 0.6 is 19.9 Å². The van der Waals surface area contributed by atoms with Crippen molar-refractivity contribution in [1.82, 2.24) is 0 Å². The molecule has 0 rings (SSSR count). The van der Waals surface area contributed by atoms with E-state index in [1.807, 2.05) is 0 Å². The summed E-state index contributed by atoms with van der Waals surface area (Å²) in [6.45, 7) is 0. The van der Waals surface area contributed by atoms with Crippen molar-refractivity contribution >= 4 is 19.9 Å². The summed E-state index contributed by atoms with van der Waals surface area (Å²) in [5.41, 5.74) is 0. The first-order valence-electron chi connectivity index (χ1n) is 1.81. The third-order valence-electron chi connectivity index (χ3n) is 0.333. The molecule has 0 aromatic rings. The lowest BCUT2D eigenvalue weighted by atomic mass is 11.8. The van der Waals surface area contributed by atoms with E-state index >= 15 is 0 Å². The second-order valence-electron chi connectivity index (χ2n) is 0.658. The van der Waals surface area contributed by atoms with E-state index in [0.29, 0.717) is 0 Å². The second-order valence-corrected chi connectivity index (χ2v) is 1.97. The lowest BCUT2D eigenvalue weighted by Crippen LogP contribution is -1.66. The average molecular weight is 161 g/mol. The summed E-state index contributed by atoms with van der Waals surface area (Å²) < 4.78 is 18.4. The van der Waals surface area contributed by atoms with E-state index < -0.39 is 8.25 Å². The number of rotatable bonds is 2. The molecule has 0 saturated carbocycles. The largest absolute Gasteiger partial charge is 0.318 e. The van der Waals surface area contributed by atoms with Crippen LogP contribution in [0.25, 0.3) is 0 Å². The number of hydrogen-bond donors (Lipinski definition) is 0. The first-order chi connectivity index (χ1) is 3.81. The van der Waals surface area contributed by atoms with Crippen LogP contribution in [0, 0.1) is 0 Å². The second kappa shape index (κ2) is 10.4. The Labute approximate surface area is 54.9 Å². The quantitative estimate of drug-likeness (QED) is 0.454. The van der Waals surface area contributed by atoms with E-state index in [-0.39, 0.29) is 0 Å². The molecule has 3 nitrogen and oxygen atoms in total. The molecule has 0 radical (unpaired) electrons. The van der Waals surface area contributed by atoms with Gasteiger partial charge in [-0.05, 0) is 0 Å². The van der Waals surface area contributed by atoms with Gasteiger partial charge in [-0.3, -0.25) is 4.57 Å². The lowest BCUT2D eigenvalue weighted by Gasteiger charge is -1.89. The molecule has 0 heterocycles. The highest BCUT2D eigenvalue weighted by atomic mass is 35.5. The van der Waals surface area contributed by atoms with Crippen molar-refractivity contribution < 1.29 is 13.6 Å². The monoisotopic (exact) mass is 160 g/mol. The molecule has 0 spiro atoms. The summed E-state index contributed by atoms with van der Waals surface area (Å²) >= 11 is 4.64. The molecule has 0 aromatic heterocycles. The summed E-state index contributed by atoms with van der Waals surface area (Å²) in [5.74, 6) is 0. The standard InChI is InChI=1S/C2H7O3P.CH3Cl/c1-4-6(3)5-2;1-2/h6H,1-2H3;1H3. The summed E-state index contributed by atoms with van der Waals surface area (Å²) in [7, 11) is 0.558. The van der Waals surface area contributed by atoms with Gasteiger partial charge in [-0.25, -0.2) is 0 Å². The highest BCUT2D eigenvalue weighted by Crippen LogP contribution is 2.18. The fourth-order valence-electron chi connectivity index (χ4n) is 0.0833. The zero-order valence-electron chi connectivity index (χ0n) is 5.10. The van der Waals surface area contributed by atoms with Crippen LogP contribution in [0.15, 0.2) is 0 Å². The van der Waals surface area contributed by atoms with E-state index in [0.717, 1.165) is 0 Å². The van der Waals surface area contributed by atoms with Gasteiger partial charge >= 0.3 is 8.25 Å². The maximum absolute atomic E-state index is 9.92. The molecule has 5 heteroatoms. The van der Waals surface area contributed by atoms with Crippen LogP contribution in [0.1, 0.15) is 0 Å². The predicted octanol–water partition coefficient (Wildman–Crippen LogP) is 1.52. The Kier molecular flexibility index (Phi) is 14.7. The van der Waals surface area contributed by atoms with Gasteiger partial charge in [0.25, 0.3) is 0 Å². The summed E-state index contributed by atoms with van der Waals surface area (Å²) in [4.78, 5) is 0. The minimum Gasteiger partial charge on any atom is -0.314 e. The Balaban J connectivity index is 0. The fraction of sp³-hybridized carbons (Fsp3) is 1.00. The van der Waals surface area contributed by atoms with Crippen molar-refractivity contribution in [2.24, 2.45) is 0 Å². The van der Waals surface area contributed by atoms with Gasteiger partial charge < -0.3 is 9.05 Å². The molecule has 0 bridgehead atoms. The molecule has 0 atom stereocenters. The maximum atomic E-state index is 9.92. The molecule has 0 N–H and O–H groups in total. The molecular formula is C3H10ClO3P. The normalized spacial score (nSPS) is 8.12. The molecule has 0 fully saturated rings. The van der Waals surface area contributed by atoms with Crippen molar-refractivity contribution in [3.05, 3.63) is 0 Å². The molecule has 0 aromatic carbocycles. The van der Waals surface area contributed by atoms with Gasteiger partial charge in [-0.15, -0.1) is 11.6 Å². The van der Waals surface area contributed by atoms with Gasteiger partial charge in [0.05, 0.1) is 0 Å². The number of halogens is 1. The minimum absolute atomic E-state index is 1.34. The lowest BCUT2D eigenvalue weighted by molar-refractivity contribution is 0.302. The van der Waals surface area contributed by atoms with E-state index in [1.165, 1.54) is 20.6 Å². The molecular weight excluding hydrogens is 150 g/mol. The smallest absolute Gasteiger partial charge is 0.314 e. The van der Waals surface area contributed by atoms with Gasteiger partial charge in [0, 0.05) is 20.6 Å². The van der Waals surface area contributed by atoms with Crippen LogP contribution < -0.4 is 0 Å². The van der Waals surface area contributed by atoms with Crippen LogP contribution in [-0.2, 0) is 13.6 Å². The summed E-state index contributed by atoms with van der Waals surface area (Å²) in [6, 6.07) is 0. The fourth-order valence-corrected chi connectivity index (χ4v) is 0.250. The molecule has 8 heavy (non-hydrogen) atoms. The average Bonchev–Trinajstić information content (AvgIpc) is 1.91. The Morgan fingerprint density at radius 2 is 1.50 bits per heavy atom. The van der Waals surface area contributed by atoms with Gasteiger partial charge in [0.1, 0.15) is 0 Å². The summed E-state index contributed by atoms with van der Waals surface area (Å²) in [5, 5.41) is 0. The topological polar surface area (TPSA) is 35.5 Å². The molecule has 0 aliphatic carbocycles. The van der Waals surface area contributed by atoms with Crippen LogP contribution in [-0.4, -0.2) is 20.6 Å². The Morgan fingerprint density at radius 1 is 1.25 bits per heavy atom. The SMILES string of the molecule is CCl.CO[PH](=O)OC. The van der Waals surface area contributed by atoms with Gasteiger partial charge in [0.15, 0.2) is 0 Å². The van der Waals surface area contributed by atoms with Crippen LogP contribution in [0.5, 0.6) is 0 Å². The zero-order valence-corrected chi connectivity index (χ0v) is 6.86. The first kappa shape index (κ1) is 11.3. The minimum atomic E-state index is -2.12. The predicted molar refractivity (Wildman–Crippen MR) is 34.8 cm³/mol. The molecule has 52 valence electrons. The van der Waals surface area contributed by atoms with E-state index in [1.54, 1.807) is 0 Å². The van der Waals surface area contributed by atoms with Gasteiger partial charge in [-0.1, -0.05) is 0 Å². The Hall–Kier alpha value is 0.440. The van der Waals surface area contributed by atoms with Crippen molar-refractivity contribution in [1.29, 1.82) is 0 Å². The molecule has 0 aliphatic heterocycles. The van der Waals surface area contributed by atoms with Crippen molar-refractivity contribution in [2.75, 3.05) is 20.6 Å². The van der Waals surface area contributed by atoms with Crippen LogP contribution in [0.2, 0.25) is 0 Å². The highest BCUT2D eigenvalue weighted by Gasteiger charge is 1.83. The van der Waals surface area contributed by atoms with Crippen LogP contribution in [0.3, 0.4) is 0 Å². The van der Waals surface area contributed by atoms with Gasteiger partial charge in [0.2, 0.25) is 0 Å². The molecule has 0 unspecified atom stereocenters. The Bertz CT molecular complexity index is 52.5. The van der Waals surface area contributed by atoms with E-state index in [4.69, 9.17) is 0 Å². The zero-order chi connectivity index (χ0) is 6.99. The Morgan fingerprint density at radius 3 is 1.50 bits per heavy atom. The van der Waals surface area contributed by atoms with Crippen molar-refractivity contribution in [3.63, 3.8) is 0 Å². The third-order valence-corrected chi connectivity index (χ3v) is 1.00. The number of alkyl halides is 1.